The largest absolute Gasteiger partial charge is 0.416 e. The number of aromatic nitrogens is 3. The number of nitrogens with one attached hydrogen (secondary N) is 1. The van der Waals surface area contributed by atoms with Gasteiger partial charge in [0.05, 0.1) is 11.9 Å². The van der Waals surface area contributed by atoms with Crippen molar-refractivity contribution in [1.82, 2.24) is 19.4 Å². The number of benzene rings is 2. The van der Waals surface area contributed by atoms with Gasteiger partial charge in [-0.15, -0.1) is 0 Å². The first-order chi connectivity index (χ1) is 16.7. The normalized spacial score (nSPS) is 14.7. The van der Waals surface area contributed by atoms with Crippen molar-refractivity contribution in [2.45, 2.75) is 26.1 Å². The lowest BCUT2D eigenvalue weighted by molar-refractivity contribution is -0.137. The van der Waals surface area contributed by atoms with E-state index in [-0.39, 0.29) is 24.4 Å². The molecule has 1 saturated heterocycles. The predicted octanol–water partition coefficient (Wildman–Crippen LogP) is 3.94. The molecule has 5 rings (SSSR count). The van der Waals surface area contributed by atoms with E-state index >= 15 is 0 Å². The second-order valence-corrected chi connectivity index (χ2v) is 8.81. The summed E-state index contributed by atoms with van der Waals surface area (Å²) in [5, 5.41) is 0.888. The van der Waals surface area contributed by atoms with Crippen molar-refractivity contribution in [2.75, 3.05) is 31.1 Å². The number of rotatable bonds is 4. The number of hydrogen-bond acceptors (Lipinski definition) is 4. The van der Waals surface area contributed by atoms with Gasteiger partial charge in [0.15, 0.2) is 0 Å². The fourth-order valence-corrected chi connectivity index (χ4v) is 4.53. The van der Waals surface area contributed by atoms with Gasteiger partial charge in [-0.1, -0.05) is 17.7 Å². The summed E-state index contributed by atoms with van der Waals surface area (Å²) in [5.74, 6) is -0.104. The third-order valence-electron chi connectivity index (χ3n) is 6.47. The first-order valence-corrected chi connectivity index (χ1v) is 11.4. The fraction of sp³-hybridized carbons (Fsp3) is 0.320. The van der Waals surface area contributed by atoms with Crippen LogP contribution in [0.25, 0.3) is 21.9 Å². The van der Waals surface area contributed by atoms with Gasteiger partial charge in [0.2, 0.25) is 5.91 Å². The molecule has 1 N–H and O–H groups in total. The van der Waals surface area contributed by atoms with E-state index in [0.717, 1.165) is 28.6 Å². The second kappa shape index (κ2) is 8.75. The van der Waals surface area contributed by atoms with Crippen molar-refractivity contribution in [3.05, 3.63) is 70.3 Å². The third-order valence-corrected chi connectivity index (χ3v) is 6.47. The Bertz CT molecular complexity index is 1470. The topological polar surface area (TPSA) is 74.2 Å². The van der Waals surface area contributed by atoms with Gasteiger partial charge in [-0.3, -0.25) is 14.2 Å². The molecule has 0 radical (unpaired) electrons. The monoisotopic (exact) mass is 483 g/mol. The molecule has 0 atom stereocenters. The third kappa shape index (κ3) is 4.48. The molecule has 3 heterocycles. The molecule has 0 saturated carbocycles. The highest BCUT2D eigenvalue weighted by Crippen LogP contribution is 2.32. The average Bonchev–Trinajstić information content (AvgIpc) is 3.22. The van der Waals surface area contributed by atoms with Crippen molar-refractivity contribution >= 4 is 33.5 Å². The van der Waals surface area contributed by atoms with Gasteiger partial charge in [-0.2, -0.15) is 13.2 Å². The lowest BCUT2D eigenvalue weighted by Gasteiger charge is -2.36. The van der Waals surface area contributed by atoms with E-state index in [1.54, 1.807) is 11.0 Å². The van der Waals surface area contributed by atoms with Crippen LogP contribution in [-0.4, -0.2) is 51.5 Å². The zero-order chi connectivity index (χ0) is 24.7. The molecule has 0 spiro atoms. The SMILES string of the molecule is Cc1ccc2[nH]c3c(=O)n(CCC(=O)N4CCN(c5cccc(C(F)(F)F)c5)CC4)cnc3c2c1. The van der Waals surface area contributed by atoms with E-state index in [0.29, 0.717) is 42.9 Å². The van der Waals surface area contributed by atoms with E-state index in [2.05, 4.69) is 9.97 Å². The number of nitrogens with zero attached hydrogens (tertiary/aromatic N) is 4. The number of halogens is 3. The second-order valence-electron chi connectivity index (χ2n) is 8.81. The zero-order valence-corrected chi connectivity index (χ0v) is 19.1. The van der Waals surface area contributed by atoms with Crippen LogP contribution in [0.2, 0.25) is 0 Å². The Balaban J connectivity index is 1.23. The lowest BCUT2D eigenvalue weighted by Crippen LogP contribution is -2.49. The number of aromatic amines is 1. The smallest absolute Gasteiger partial charge is 0.368 e. The number of alkyl halides is 3. The molecule has 0 bridgehead atoms. The summed E-state index contributed by atoms with van der Waals surface area (Å²) in [6, 6.07) is 11.1. The zero-order valence-electron chi connectivity index (χ0n) is 19.1. The van der Waals surface area contributed by atoms with Crippen molar-refractivity contribution in [2.24, 2.45) is 0 Å². The number of hydrogen-bond donors (Lipinski definition) is 1. The fourth-order valence-electron chi connectivity index (χ4n) is 4.53. The van der Waals surface area contributed by atoms with Crippen LogP contribution >= 0.6 is 0 Å². The minimum absolute atomic E-state index is 0.104. The standard InChI is InChI=1S/C25H24F3N5O2/c1-16-5-6-20-19(13-16)22-23(30-20)24(35)33(15-29-22)8-7-21(34)32-11-9-31(10-12-32)18-4-2-3-17(14-18)25(26,27)28/h2-6,13-15,30H,7-12H2,1H3. The summed E-state index contributed by atoms with van der Waals surface area (Å²) in [6.07, 6.45) is -2.79. The molecule has 182 valence electrons. The Hall–Kier alpha value is -3.82. The van der Waals surface area contributed by atoms with Crippen molar-refractivity contribution < 1.29 is 18.0 Å². The molecule has 1 aliphatic heterocycles. The van der Waals surface area contributed by atoms with Crippen LogP contribution in [0.15, 0.2) is 53.6 Å². The molecule has 10 heteroatoms. The Labute approximate surface area is 198 Å². The summed E-state index contributed by atoms with van der Waals surface area (Å²) < 4.78 is 40.5. The molecule has 1 amide bonds. The lowest BCUT2D eigenvalue weighted by atomic mass is 10.1. The highest BCUT2D eigenvalue weighted by Gasteiger charge is 2.31. The summed E-state index contributed by atoms with van der Waals surface area (Å²) in [5.41, 5.74) is 2.51. The van der Waals surface area contributed by atoms with E-state index in [9.17, 15) is 22.8 Å². The van der Waals surface area contributed by atoms with Crippen LogP contribution in [0, 0.1) is 6.92 Å². The molecule has 0 unspecified atom stereocenters. The number of carbonyl (C=O) groups excluding carboxylic acids is 1. The number of fused-ring (bicyclic) bond motifs is 3. The molecule has 35 heavy (non-hydrogen) atoms. The van der Waals surface area contributed by atoms with E-state index in [1.165, 1.54) is 17.0 Å². The summed E-state index contributed by atoms with van der Waals surface area (Å²) in [4.78, 5) is 36.8. The maximum atomic E-state index is 13.0. The van der Waals surface area contributed by atoms with Gasteiger partial charge in [0.1, 0.15) is 11.0 Å². The minimum Gasteiger partial charge on any atom is -0.368 e. The van der Waals surface area contributed by atoms with Gasteiger partial charge in [-0.05, 0) is 37.3 Å². The van der Waals surface area contributed by atoms with Gasteiger partial charge in [0, 0.05) is 55.7 Å². The Kier molecular flexibility index (Phi) is 5.74. The van der Waals surface area contributed by atoms with E-state index in [1.807, 2.05) is 30.0 Å². The van der Waals surface area contributed by atoms with Gasteiger partial charge >= 0.3 is 6.18 Å². The predicted molar refractivity (Wildman–Crippen MR) is 127 cm³/mol. The summed E-state index contributed by atoms with van der Waals surface area (Å²) in [7, 11) is 0. The molecular formula is C25H24F3N5O2. The molecular weight excluding hydrogens is 459 g/mol. The number of aryl methyl sites for hydroxylation is 2. The number of anilines is 1. The van der Waals surface area contributed by atoms with Crippen molar-refractivity contribution in [3.8, 4) is 0 Å². The molecule has 4 aromatic rings. The van der Waals surface area contributed by atoms with Crippen LogP contribution in [0.1, 0.15) is 17.5 Å². The minimum atomic E-state index is -4.39. The van der Waals surface area contributed by atoms with Gasteiger partial charge in [-0.25, -0.2) is 4.98 Å². The molecule has 1 fully saturated rings. The molecule has 0 aliphatic carbocycles. The first-order valence-electron chi connectivity index (χ1n) is 11.4. The van der Waals surface area contributed by atoms with E-state index in [4.69, 9.17) is 0 Å². The van der Waals surface area contributed by atoms with Crippen LogP contribution in [-0.2, 0) is 17.5 Å². The van der Waals surface area contributed by atoms with Crippen molar-refractivity contribution in [3.63, 3.8) is 0 Å². The quantitative estimate of drug-likeness (QED) is 0.477. The summed E-state index contributed by atoms with van der Waals surface area (Å²) >= 11 is 0. The first kappa shape index (κ1) is 22.9. The number of carbonyl (C=O) groups is 1. The van der Waals surface area contributed by atoms with Crippen LogP contribution in [0.5, 0.6) is 0 Å². The van der Waals surface area contributed by atoms with Crippen LogP contribution in [0.3, 0.4) is 0 Å². The average molecular weight is 483 g/mol. The Morgan fingerprint density at radius 3 is 2.60 bits per heavy atom. The molecule has 7 nitrogen and oxygen atoms in total. The summed E-state index contributed by atoms with van der Waals surface area (Å²) in [6.45, 7) is 3.86. The Morgan fingerprint density at radius 1 is 1.09 bits per heavy atom. The number of amides is 1. The van der Waals surface area contributed by atoms with Crippen LogP contribution in [0.4, 0.5) is 18.9 Å². The van der Waals surface area contributed by atoms with Gasteiger partial charge < -0.3 is 14.8 Å². The van der Waals surface area contributed by atoms with E-state index < -0.39 is 11.7 Å². The Morgan fingerprint density at radius 2 is 1.86 bits per heavy atom. The number of piperazine rings is 1. The van der Waals surface area contributed by atoms with Crippen LogP contribution < -0.4 is 10.5 Å². The maximum Gasteiger partial charge on any atom is 0.416 e. The molecule has 2 aromatic heterocycles. The maximum absolute atomic E-state index is 13.0. The molecule has 1 aliphatic rings. The van der Waals surface area contributed by atoms with Gasteiger partial charge in [0.25, 0.3) is 5.56 Å². The molecule has 2 aromatic carbocycles. The highest BCUT2D eigenvalue weighted by molar-refractivity contribution is 6.04. The number of H-pyrrole nitrogens is 1. The van der Waals surface area contributed by atoms with Crippen molar-refractivity contribution in [1.29, 1.82) is 0 Å². The highest BCUT2D eigenvalue weighted by atomic mass is 19.4.